The first kappa shape index (κ1) is 22.7. The Morgan fingerprint density at radius 1 is 1.03 bits per heavy atom. The van der Waals surface area contributed by atoms with Gasteiger partial charge < -0.3 is 4.57 Å². The van der Waals surface area contributed by atoms with Gasteiger partial charge in [-0.15, -0.1) is 0 Å². The molecule has 5 nitrogen and oxygen atoms in total. The third kappa shape index (κ3) is 3.90. The molecule has 4 rings (SSSR count). The lowest BCUT2D eigenvalue weighted by Gasteiger charge is -2.29. The van der Waals surface area contributed by atoms with E-state index in [-0.39, 0.29) is 20.7 Å². The zero-order valence-electron chi connectivity index (χ0n) is 16.9. The molecular weight excluding hydrogens is 533 g/mol. The molecule has 0 atom stereocenters. The highest BCUT2D eigenvalue weighted by Crippen LogP contribution is 2.35. The van der Waals surface area contributed by atoms with Crippen LogP contribution in [0.2, 0.25) is 10.0 Å². The van der Waals surface area contributed by atoms with Gasteiger partial charge in [0.1, 0.15) is 5.57 Å². The van der Waals surface area contributed by atoms with E-state index in [1.165, 1.54) is 4.90 Å². The molecule has 162 valence electrons. The maximum atomic E-state index is 13.3. The topological polar surface area (TPSA) is 54.3 Å². The monoisotopic (exact) mass is 547 g/mol. The van der Waals surface area contributed by atoms with Gasteiger partial charge in [-0.2, -0.15) is 0 Å². The van der Waals surface area contributed by atoms with Gasteiger partial charge in [-0.05, 0) is 84.0 Å². The molecular formula is C23H16BrCl2N3O2S. The number of hydrogen-bond donors (Lipinski definition) is 1. The quantitative estimate of drug-likeness (QED) is 0.248. The Balaban J connectivity index is 1.81. The number of thiocarbonyl (C=S) groups is 1. The highest BCUT2D eigenvalue weighted by atomic mass is 79.9. The number of para-hydroxylation sites is 1. The fourth-order valence-corrected chi connectivity index (χ4v) is 4.75. The van der Waals surface area contributed by atoms with Gasteiger partial charge in [-0.1, -0.05) is 41.4 Å². The van der Waals surface area contributed by atoms with E-state index in [0.29, 0.717) is 5.69 Å². The molecule has 1 N–H and O–H groups in total. The van der Waals surface area contributed by atoms with E-state index in [4.69, 9.17) is 35.4 Å². The molecule has 0 unspecified atom stereocenters. The van der Waals surface area contributed by atoms with Gasteiger partial charge in [0.25, 0.3) is 11.8 Å². The molecule has 1 saturated heterocycles. The predicted octanol–water partition coefficient (Wildman–Crippen LogP) is 5.99. The normalized spacial score (nSPS) is 15.5. The number of hydrogen-bond acceptors (Lipinski definition) is 3. The van der Waals surface area contributed by atoms with Crippen LogP contribution in [0.1, 0.15) is 17.0 Å². The van der Waals surface area contributed by atoms with E-state index in [0.717, 1.165) is 27.1 Å². The molecule has 9 heteroatoms. The fourth-order valence-electron chi connectivity index (χ4n) is 3.63. The third-order valence-electron chi connectivity index (χ3n) is 5.14. The van der Waals surface area contributed by atoms with Gasteiger partial charge in [0.05, 0.1) is 21.4 Å². The zero-order valence-corrected chi connectivity index (χ0v) is 20.9. The molecule has 0 saturated carbocycles. The van der Waals surface area contributed by atoms with Crippen molar-refractivity contribution in [2.24, 2.45) is 0 Å². The highest BCUT2D eigenvalue weighted by molar-refractivity contribution is 9.10. The molecule has 2 amide bonds. The van der Waals surface area contributed by atoms with Crippen LogP contribution in [0.4, 0.5) is 5.69 Å². The second-order valence-corrected chi connectivity index (χ2v) is 9.17. The summed E-state index contributed by atoms with van der Waals surface area (Å²) >= 11 is 21.3. The Bertz CT molecular complexity index is 1330. The fraction of sp³-hybridized carbons (Fsp3) is 0.0870. The summed E-state index contributed by atoms with van der Waals surface area (Å²) in [6, 6.07) is 14.6. The first-order valence-electron chi connectivity index (χ1n) is 9.50. The van der Waals surface area contributed by atoms with Crippen LogP contribution < -0.4 is 10.2 Å². The van der Waals surface area contributed by atoms with Crippen molar-refractivity contribution >= 4 is 80.0 Å². The van der Waals surface area contributed by atoms with Crippen molar-refractivity contribution in [1.82, 2.24) is 9.88 Å². The summed E-state index contributed by atoms with van der Waals surface area (Å²) in [5, 5.41) is 2.97. The molecule has 1 aliphatic heterocycles. The zero-order chi connectivity index (χ0) is 23.2. The molecule has 0 aliphatic carbocycles. The number of aryl methyl sites for hydroxylation is 1. The van der Waals surface area contributed by atoms with E-state index in [2.05, 4.69) is 25.8 Å². The number of benzene rings is 2. The number of carbonyl (C=O) groups excluding carboxylic acids is 2. The van der Waals surface area contributed by atoms with Gasteiger partial charge in [0.2, 0.25) is 0 Å². The summed E-state index contributed by atoms with van der Waals surface area (Å²) in [5.41, 5.74) is 3.78. The van der Waals surface area contributed by atoms with Gasteiger partial charge in [0, 0.05) is 15.9 Å². The molecule has 1 aromatic heterocycles. The minimum atomic E-state index is -0.575. The first-order valence-corrected chi connectivity index (χ1v) is 11.5. The summed E-state index contributed by atoms with van der Waals surface area (Å²) in [6.45, 7) is 3.89. The lowest BCUT2D eigenvalue weighted by molar-refractivity contribution is -0.122. The number of anilines is 1. The lowest BCUT2D eigenvalue weighted by Crippen LogP contribution is -2.54. The summed E-state index contributed by atoms with van der Waals surface area (Å²) in [6.07, 6.45) is 1.57. The van der Waals surface area contributed by atoms with E-state index in [1.807, 2.05) is 44.2 Å². The van der Waals surface area contributed by atoms with Gasteiger partial charge in [-0.3, -0.25) is 19.8 Å². The molecule has 1 fully saturated rings. The summed E-state index contributed by atoms with van der Waals surface area (Å²) < 4.78 is 2.98. The average molecular weight is 549 g/mol. The van der Waals surface area contributed by atoms with Crippen LogP contribution in [0.5, 0.6) is 0 Å². The highest BCUT2D eigenvalue weighted by Gasteiger charge is 2.36. The van der Waals surface area contributed by atoms with Crippen LogP contribution in [0, 0.1) is 13.8 Å². The second kappa shape index (κ2) is 8.83. The molecule has 2 heterocycles. The van der Waals surface area contributed by atoms with Crippen molar-refractivity contribution < 1.29 is 9.59 Å². The van der Waals surface area contributed by atoms with Crippen molar-refractivity contribution in [3.8, 4) is 5.69 Å². The standard InChI is InChI=1S/C23H16BrCl2N3O2S/c1-12-10-14(13(2)28(12)18-8-4-3-6-16(18)24)11-15-21(30)27-23(32)29(22(15)31)19-9-5-7-17(25)20(19)26/h3-11H,1-2H3,(H,27,30,32)/b15-11+. The molecule has 0 bridgehead atoms. The number of carbonyl (C=O) groups is 2. The Morgan fingerprint density at radius 2 is 1.72 bits per heavy atom. The largest absolute Gasteiger partial charge is 0.317 e. The van der Waals surface area contributed by atoms with Crippen LogP contribution >= 0.6 is 51.3 Å². The minimum absolute atomic E-state index is 0.0537. The Morgan fingerprint density at radius 3 is 2.44 bits per heavy atom. The Labute approximate surface area is 208 Å². The summed E-state index contributed by atoms with van der Waals surface area (Å²) in [4.78, 5) is 27.2. The number of rotatable bonds is 3. The Hall–Kier alpha value is -2.45. The predicted molar refractivity (Wildman–Crippen MR) is 136 cm³/mol. The van der Waals surface area contributed by atoms with Gasteiger partial charge >= 0.3 is 0 Å². The number of nitrogens with zero attached hydrogens (tertiary/aromatic N) is 2. The van der Waals surface area contributed by atoms with E-state index in [9.17, 15) is 9.59 Å². The van der Waals surface area contributed by atoms with Crippen molar-refractivity contribution in [3.05, 3.63) is 85.6 Å². The van der Waals surface area contributed by atoms with Crippen molar-refractivity contribution in [3.63, 3.8) is 0 Å². The van der Waals surface area contributed by atoms with Gasteiger partial charge in [0.15, 0.2) is 5.11 Å². The maximum Gasteiger partial charge on any atom is 0.270 e. The summed E-state index contributed by atoms with van der Waals surface area (Å²) in [7, 11) is 0. The SMILES string of the molecule is Cc1cc(/C=C2\C(=O)NC(=S)N(c3cccc(Cl)c3Cl)C2=O)c(C)n1-c1ccccc1Br. The minimum Gasteiger partial charge on any atom is -0.317 e. The number of amides is 2. The average Bonchev–Trinajstić information content (AvgIpc) is 3.01. The number of nitrogens with one attached hydrogen (secondary N) is 1. The van der Waals surface area contributed by atoms with E-state index >= 15 is 0 Å². The van der Waals surface area contributed by atoms with Gasteiger partial charge in [-0.25, -0.2) is 0 Å². The van der Waals surface area contributed by atoms with E-state index in [1.54, 1.807) is 24.3 Å². The van der Waals surface area contributed by atoms with Crippen LogP contribution in [-0.2, 0) is 9.59 Å². The molecule has 32 heavy (non-hydrogen) atoms. The molecule has 1 aliphatic rings. The lowest BCUT2D eigenvalue weighted by atomic mass is 10.1. The molecule has 0 spiro atoms. The third-order valence-corrected chi connectivity index (χ3v) is 6.90. The molecule has 3 aromatic rings. The smallest absolute Gasteiger partial charge is 0.270 e. The first-order chi connectivity index (χ1) is 15.2. The van der Waals surface area contributed by atoms with Crippen molar-refractivity contribution in [2.75, 3.05) is 4.90 Å². The second-order valence-electron chi connectivity index (χ2n) is 7.14. The Kier molecular flexibility index (Phi) is 6.27. The van der Waals surface area contributed by atoms with E-state index < -0.39 is 11.8 Å². The number of aromatic nitrogens is 1. The van der Waals surface area contributed by atoms with Crippen LogP contribution in [0.15, 0.2) is 58.6 Å². The molecule has 2 aromatic carbocycles. The summed E-state index contributed by atoms with van der Waals surface area (Å²) in [5.74, 6) is -1.14. The van der Waals surface area contributed by atoms with Crippen LogP contribution in [0.3, 0.4) is 0 Å². The number of halogens is 3. The van der Waals surface area contributed by atoms with Crippen LogP contribution in [-0.4, -0.2) is 21.5 Å². The molecule has 0 radical (unpaired) electrons. The van der Waals surface area contributed by atoms with Crippen LogP contribution in [0.25, 0.3) is 11.8 Å². The van der Waals surface area contributed by atoms with Crippen molar-refractivity contribution in [2.45, 2.75) is 13.8 Å². The maximum absolute atomic E-state index is 13.3. The van der Waals surface area contributed by atoms with Crippen molar-refractivity contribution in [1.29, 1.82) is 0 Å².